The average Bonchev–Trinajstić information content (AvgIpc) is 2.23. The molecule has 0 bridgehead atoms. The van der Waals surface area contributed by atoms with E-state index in [4.69, 9.17) is 4.43 Å². The van der Waals surface area contributed by atoms with E-state index >= 15 is 0 Å². The Labute approximate surface area is 127 Å². The Kier molecular flexibility index (Phi) is 6.18. The van der Waals surface area contributed by atoms with E-state index in [0.29, 0.717) is 0 Å². The molecule has 0 heterocycles. The second-order valence-corrected chi connectivity index (χ2v) is 11.4. The number of hydrogen-bond acceptors (Lipinski definition) is 1. The molecule has 102 valence electrons. The van der Waals surface area contributed by atoms with Crippen LogP contribution in [0, 0.1) is 10.5 Å². The molecule has 0 radical (unpaired) electrons. The monoisotopic (exact) mass is 376 g/mol. The maximum atomic E-state index is 6.19. The van der Waals surface area contributed by atoms with Gasteiger partial charge in [-0.2, -0.15) is 0 Å². The predicted octanol–water partition coefficient (Wildman–Crippen LogP) is 5.55. The van der Waals surface area contributed by atoms with Crippen molar-refractivity contribution in [2.75, 3.05) is 0 Å². The fourth-order valence-corrected chi connectivity index (χ4v) is 3.39. The van der Waals surface area contributed by atoms with Crippen LogP contribution in [0.2, 0.25) is 19.6 Å². The van der Waals surface area contributed by atoms with E-state index in [9.17, 15) is 0 Å². The van der Waals surface area contributed by atoms with Gasteiger partial charge in [0.15, 0.2) is 0 Å². The lowest BCUT2D eigenvalue weighted by Crippen LogP contribution is -2.29. The van der Waals surface area contributed by atoms with Crippen molar-refractivity contribution in [3.8, 4) is 5.75 Å². The van der Waals surface area contributed by atoms with Crippen molar-refractivity contribution in [2.24, 2.45) is 0 Å². The zero-order chi connectivity index (χ0) is 13.8. The van der Waals surface area contributed by atoms with E-state index < -0.39 is 8.32 Å². The second kappa shape index (κ2) is 6.94. The highest BCUT2D eigenvalue weighted by molar-refractivity contribution is 14.1. The molecule has 0 aromatic heterocycles. The Hall–Kier alpha value is -0.0331. The van der Waals surface area contributed by atoms with Crippen molar-refractivity contribution in [3.63, 3.8) is 0 Å². The Bertz CT molecular complexity index is 396. The lowest BCUT2D eigenvalue weighted by Gasteiger charge is -2.22. The molecule has 0 aliphatic carbocycles. The van der Waals surface area contributed by atoms with E-state index in [1.165, 1.54) is 40.4 Å². The van der Waals surface area contributed by atoms with Crippen molar-refractivity contribution in [3.05, 3.63) is 26.8 Å². The average molecular weight is 376 g/mol. The van der Waals surface area contributed by atoms with Gasteiger partial charge in [-0.3, -0.25) is 0 Å². The molecule has 0 aliphatic rings. The molecular weight excluding hydrogens is 351 g/mol. The van der Waals surface area contributed by atoms with Crippen LogP contribution in [0.25, 0.3) is 0 Å². The molecule has 18 heavy (non-hydrogen) atoms. The molecule has 0 atom stereocenters. The van der Waals surface area contributed by atoms with E-state index in [-0.39, 0.29) is 0 Å². The zero-order valence-electron chi connectivity index (χ0n) is 12.3. The van der Waals surface area contributed by atoms with E-state index in [1.54, 1.807) is 0 Å². The molecule has 0 fully saturated rings. The summed E-state index contributed by atoms with van der Waals surface area (Å²) in [5.74, 6) is 1.10. The molecule has 1 nitrogen and oxygen atoms in total. The molecule has 1 rings (SSSR count). The summed E-state index contributed by atoms with van der Waals surface area (Å²) in [4.78, 5) is 0. The van der Waals surface area contributed by atoms with Gasteiger partial charge in [0.1, 0.15) is 5.75 Å². The van der Waals surface area contributed by atoms with Gasteiger partial charge in [-0.1, -0.05) is 25.8 Å². The predicted molar refractivity (Wildman–Crippen MR) is 91.1 cm³/mol. The first-order valence-corrected chi connectivity index (χ1v) is 11.3. The normalized spacial score (nSPS) is 11.7. The number of benzene rings is 1. The van der Waals surface area contributed by atoms with Gasteiger partial charge in [0.05, 0.1) is 3.57 Å². The summed E-state index contributed by atoms with van der Waals surface area (Å²) >= 11 is 2.40. The van der Waals surface area contributed by atoms with Crippen LogP contribution < -0.4 is 4.43 Å². The SMILES string of the molecule is CCCCCc1cc(C)c(I)c(O[Si](C)(C)C)c1. The fraction of sp³-hybridized carbons (Fsp3) is 0.600. The van der Waals surface area contributed by atoms with Crippen LogP contribution in [-0.2, 0) is 6.42 Å². The Morgan fingerprint density at radius 1 is 1.17 bits per heavy atom. The van der Waals surface area contributed by atoms with Crippen LogP contribution in [0.15, 0.2) is 12.1 Å². The van der Waals surface area contributed by atoms with Crippen molar-refractivity contribution in [2.45, 2.75) is 59.2 Å². The standard InChI is InChI=1S/C15H25IOSi/c1-6-7-8-9-13-10-12(2)15(16)14(11-13)17-18(3,4)5/h10-11H,6-9H2,1-5H3. The minimum atomic E-state index is -1.52. The summed E-state index contributed by atoms with van der Waals surface area (Å²) in [7, 11) is -1.52. The van der Waals surface area contributed by atoms with Crippen molar-refractivity contribution in [1.29, 1.82) is 0 Å². The Morgan fingerprint density at radius 2 is 1.83 bits per heavy atom. The van der Waals surface area contributed by atoms with Crippen LogP contribution in [0.5, 0.6) is 5.75 Å². The second-order valence-electron chi connectivity index (χ2n) is 5.90. The lowest BCUT2D eigenvalue weighted by molar-refractivity contribution is 0.551. The van der Waals surface area contributed by atoms with Gasteiger partial charge in [-0.15, -0.1) is 0 Å². The fourth-order valence-electron chi connectivity index (χ4n) is 1.94. The highest BCUT2D eigenvalue weighted by Gasteiger charge is 2.18. The summed E-state index contributed by atoms with van der Waals surface area (Å²) in [5.41, 5.74) is 2.77. The molecule has 0 spiro atoms. The summed E-state index contributed by atoms with van der Waals surface area (Å²) in [6.45, 7) is 11.1. The van der Waals surface area contributed by atoms with Crippen LogP contribution in [0.4, 0.5) is 0 Å². The third-order valence-electron chi connectivity index (χ3n) is 2.77. The molecule has 0 unspecified atom stereocenters. The summed E-state index contributed by atoms with van der Waals surface area (Å²) in [6, 6.07) is 4.57. The highest BCUT2D eigenvalue weighted by Crippen LogP contribution is 2.29. The number of rotatable bonds is 6. The lowest BCUT2D eigenvalue weighted by atomic mass is 10.0. The smallest absolute Gasteiger partial charge is 0.242 e. The van der Waals surface area contributed by atoms with E-state index in [2.05, 4.69) is 68.2 Å². The first kappa shape index (κ1) is 16.0. The van der Waals surface area contributed by atoms with Gasteiger partial charge in [-0.25, -0.2) is 0 Å². The number of hydrogen-bond donors (Lipinski definition) is 0. The van der Waals surface area contributed by atoms with Gasteiger partial charge in [0, 0.05) is 0 Å². The largest absolute Gasteiger partial charge is 0.544 e. The Balaban J connectivity index is 2.88. The summed E-state index contributed by atoms with van der Waals surface area (Å²) in [6.07, 6.45) is 5.05. The van der Waals surface area contributed by atoms with E-state index in [1.807, 2.05) is 0 Å². The van der Waals surface area contributed by atoms with Crippen molar-refractivity contribution in [1.82, 2.24) is 0 Å². The van der Waals surface area contributed by atoms with Gasteiger partial charge < -0.3 is 4.43 Å². The van der Waals surface area contributed by atoms with E-state index in [0.717, 1.165) is 5.75 Å². The molecule has 0 saturated carbocycles. The molecule has 0 amide bonds. The Morgan fingerprint density at radius 3 is 2.39 bits per heavy atom. The molecular formula is C15H25IOSi. The van der Waals surface area contributed by atoms with Crippen LogP contribution in [0.1, 0.15) is 37.3 Å². The van der Waals surface area contributed by atoms with Crippen molar-refractivity contribution >= 4 is 30.9 Å². The highest BCUT2D eigenvalue weighted by atomic mass is 127. The third-order valence-corrected chi connectivity index (χ3v) is 4.98. The summed E-state index contributed by atoms with van der Waals surface area (Å²) in [5, 5.41) is 0. The van der Waals surface area contributed by atoms with Crippen LogP contribution >= 0.6 is 22.6 Å². The minimum Gasteiger partial charge on any atom is -0.544 e. The number of aryl methyl sites for hydroxylation is 2. The molecule has 0 aliphatic heterocycles. The third kappa shape index (κ3) is 5.30. The molecule has 3 heteroatoms. The number of halogens is 1. The molecule has 0 saturated heterocycles. The van der Waals surface area contributed by atoms with Gasteiger partial charge >= 0.3 is 0 Å². The first-order valence-electron chi connectivity index (χ1n) is 6.81. The minimum absolute atomic E-state index is 1.10. The van der Waals surface area contributed by atoms with Gasteiger partial charge in [0.2, 0.25) is 8.32 Å². The van der Waals surface area contributed by atoms with Gasteiger partial charge in [0.25, 0.3) is 0 Å². The maximum Gasteiger partial charge on any atom is 0.242 e. The quantitative estimate of drug-likeness (QED) is 0.360. The maximum absolute atomic E-state index is 6.19. The molecule has 1 aromatic rings. The number of unbranched alkanes of at least 4 members (excludes halogenated alkanes) is 2. The summed E-state index contributed by atoms with van der Waals surface area (Å²) < 4.78 is 7.46. The van der Waals surface area contributed by atoms with Crippen molar-refractivity contribution < 1.29 is 4.43 Å². The van der Waals surface area contributed by atoms with Crippen LogP contribution in [-0.4, -0.2) is 8.32 Å². The zero-order valence-corrected chi connectivity index (χ0v) is 15.4. The topological polar surface area (TPSA) is 9.23 Å². The molecule has 1 aromatic carbocycles. The van der Waals surface area contributed by atoms with Gasteiger partial charge in [-0.05, 0) is 79.2 Å². The first-order chi connectivity index (χ1) is 8.33. The van der Waals surface area contributed by atoms with Crippen LogP contribution in [0.3, 0.4) is 0 Å². The molecule has 0 N–H and O–H groups in total.